The Balaban J connectivity index is 0.000000817. The van der Waals surface area contributed by atoms with Crippen molar-refractivity contribution in [3.63, 3.8) is 0 Å². The number of aromatic nitrogens is 1. The molecule has 1 aromatic carbocycles. The minimum absolute atomic E-state index is 0.0220. The molecule has 1 aliphatic heterocycles. The topological polar surface area (TPSA) is 109 Å². The summed E-state index contributed by atoms with van der Waals surface area (Å²) in [7, 11) is -2.42. The van der Waals surface area contributed by atoms with Crippen molar-refractivity contribution in [2.24, 2.45) is 0 Å². The molecule has 2 aromatic rings. The minimum Gasteiger partial charge on any atom is -0.483 e. The largest absolute Gasteiger partial charge is 0.483 e. The molecule has 1 saturated heterocycles. The highest BCUT2D eigenvalue weighted by Crippen LogP contribution is 2.32. The number of pyridine rings is 1. The highest BCUT2D eigenvalue weighted by atomic mass is 32.2. The molecule has 3 rings (SSSR count). The van der Waals surface area contributed by atoms with Crippen molar-refractivity contribution < 1.29 is 27.4 Å². The maximum absolute atomic E-state index is 14.4. The minimum atomic E-state index is -3.84. The van der Waals surface area contributed by atoms with Crippen molar-refractivity contribution >= 4 is 27.3 Å². The maximum atomic E-state index is 14.4. The van der Waals surface area contributed by atoms with E-state index in [1.54, 1.807) is 12.1 Å². The lowest BCUT2D eigenvalue weighted by Gasteiger charge is -2.26. The Bertz CT molecular complexity index is 907. The van der Waals surface area contributed by atoms with E-state index >= 15 is 0 Å². The molecular weight excluding hydrogens is 377 g/mol. The normalized spacial score (nSPS) is 18.3. The van der Waals surface area contributed by atoms with Crippen LogP contribution in [0.25, 0.3) is 10.8 Å². The van der Waals surface area contributed by atoms with Gasteiger partial charge in [0, 0.05) is 29.9 Å². The number of fused-ring (bicyclic) bond motifs is 1. The van der Waals surface area contributed by atoms with Gasteiger partial charge in [0.2, 0.25) is 15.9 Å². The van der Waals surface area contributed by atoms with Gasteiger partial charge in [-0.25, -0.2) is 17.8 Å². The van der Waals surface area contributed by atoms with Crippen LogP contribution in [0.15, 0.2) is 29.3 Å². The summed E-state index contributed by atoms with van der Waals surface area (Å²) in [4.78, 5) is 12.2. The zero-order valence-electron chi connectivity index (χ0n) is 15.1. The van der Waals surface area contributed by atoms with Crippen LogP contribution in [0.3, 0.4) is 0 Å². The molecule has 8 nitrogen and oxygen atoms in total. The summed E-state index contributed by atoms with van der Waals surface area (Å²) in [5.41, 5.74) is 0. The number of nitrogens with zero attached hydrogens (tertiary/aromatic N) is 2. The van der Waals surface area contributed by atoms with E-state index in [9.17, 15) is 12.8 Å². The Hall–Kier alpha value is -2.30. The van der Waals surface area contributed by atoms with Crippen molar-refractivity contribution in [3.05, 3.63) is 30.2 Å². The summed E-state index contributed by atoms with van der Waals surface area (Å²) in [6.45, 7) is 3.32. The van der Waals surface area contributed by atoms with Crippen LogP contribution in [0.2, 0.25) is 0 Å². The Morgan fingerprint density at radius 1 is 1.44 bits per heavy atom. The molecule has 148 valence electrons. The number of carboxylic acid groups (broad SMARTS) is 1. The quantitative estimate of drug-likeness (QED) is 0.752. The molecule has 10 heteroatoms. The summed E-state index contributed by atoms with van der Waals surface area (Å²) in [5, 5.41) is 10.5. The van der Waals surface area contributed by atoms with Gasteiger partial charge >= 0.3 is 0 Å². The van der Waals surface area contributed by atoms with Gasteiger partial charge < -0.3 is 15.2 Å². The molecule has 0 aliphatic carbocycles. The molecule has 0 saturated carbocycles. The predicted octanol–water partition coefficient (Wildman–Crippen LogP) is 1.46. The Morgan fingerprint density at radius 2 is 2.15 bits per heavy atom. The lowest BCUT2D eigenvalue weighted by atomic mass is 10.1. The van der Waals surface area contributed by atoms with Crippen molar-refractivity contribution in [2.45, 2.75) is 24.3 Å². The average Bonchev–Trinajstić information content (AvgIpc) is 2.87. The fraction of sp³-hybridized carbons (Fsp3) is 0.412. The highest BCUT2D eigenvalue weighted by Gasteiger charge is 2.32. The van der Waals surface area contributed by atoms with Gasteiger partial charge in [-0.3, -0.25) is 4.79 Å². The first-order chi connectivity index (χ1) is 12.9. The van der Waals surface area contributed by atoms with Gasteiger partial charge in [0.15, 0.2) is 5.82 Å². The average molecular weight is 399 g/mol. The number of carbonyl (C=O) groups is 1. The van der Waals surface area contributed by atoms with Gasteiger partial charge in [0.05, 0.1) is 18.2 Å². The van der Waals surface area contributed by atoms with E-state index in [1.165, 1.54) is 17.5 Å². The molecule has 1 atom stereocenters. The third kappa shape index (κ3) is 4.34. The number of ether oxygens (including phenoxy) is 1. The van der Waals surface area contributed by atoms with E-state index in [0.29, 0.717) is 24.9 Å². The zero-order chi connectivity index (χ0) is 20.0. The van der Waals surface area contributed by atoms with Gasteiger partial charge in [-0.1, -0.05) is 6.07 Å². The summed E-state index contributed by atoms with van der Waals surface area (Å²) in [6.07, 6.45) is 1.70. The molecule has 1 aromatic heterocycles. The van der Waals surface area contributed by atoms with E-state index in [0.717, 1.165) is 12.7 Å². The van der Waals surface area contributed by atoms with Crippen LogP contribution in [0.4, 0.5) is 4.39 Å². The van der Waals surface area contributed by atoms with Crippen LogP contribution >= 0.6 is 0 Å². The van der Waals surface area contributed by atoms with Gasteiger partial charge in [0.25, 0.3) is 6.47 Å². The van der Waals surface area contributed by atoms with Crippen LogP contribution in [0.5, 0.6) is 5.88 Å². The second-order valence-corrected chi connectivity index (χ2v) is 7.78. The Labute approximate surface area is 157 Å². The molecule has 0 radical (unpaired) electrons. The molecule has 1 fully saturated rings. The number of hydrogen-bond acceptors (Lipinski definition) is 6. The molecular formula is C17H22FN3O5S. The number of halogens is 1. The van der Waals surface area contributed by atoms with Crippen LogP contribution in [0.1, 0.15) is 13.3 Å². The molecule has 0 bridgehead atoms. The molecule has 1 aliphatic rings. The SMILES string of the molecule is COc1ncc(F)c2c(S(=O)(=O)N3CCCNC[C@H]3C)cccc12.O=CO. The van der Waals surface area contributed by atoms with Gasteiger partial charge in [-0.05, 0) is 32.0 Å². The number of rotatable bonds is 3. The van der Waals surface area contributed by atoms with Crippen LogP contribution < -0.4 is 10.1 Å². The van der Waals surface area contributed by atoms with Gasteiger partial charge in [0.1, 0.15) is 0 Å². The molecule has 0 spiro atoms. The molecule has 2 heterocycles. The smallest absolute Gasteiger partial charge is 0.290 e. The third-order valence-corrected chi connectivity index (χ3v) is 6.29. The van der Waals surface area contributed by atoms with E-state index in [4.69, 9.17) is 14.6 Å². The van der Waals surface area contributed by atoms with Crippen molar-refractivity contribution in [1.29, 1.82) is 0 Å². The van der Waals surface area contributed by atoms with E-state index in [1.807, 2.05) is 6.92 Å². The summed E-state index contributed by atoms with van der Waals surface area (Å²) in [5.74, 6) is -0.473. The number of sulfonamides is 1. The summed E-state index contributed by atoms with van der Waals surface area (Å²) >= 11 is 0. The van der Waals surface area contributed by atoms with E-state index in [-0.39, 0.29) is 28.7 Å². The van der Waals surface area contributed by atoms with Crippen molar-refractivity contribution in [2.75, 3.05) is 26.7 Å². The second kappa shape index (κ2) is 9.07. The van der Waals surface area contributed by atoms with Crippen molar-refractivity contribution in [3.8, 4) is 5.88 Å². The van der Waals surface area contributed by atoms with Gasteiger partial charge in [-0.2, -0.15) is 4.31 Å². The highest BCUT2D eigenvalue weighted by molar-refractivity contribution is 7.89. The standard InChI is InChI=1S/C16H20FN3O3S.CH2O2/c1-11-9-18-7-4-8-20(11)24(21,22)14-6-3-5-12-15(14)13(17)10-19-16(12)23-2;2-1-3/h3,5-6,10-11,18H,4,7-9H2,1-2H3;1H,(H,2,3)/t11-;/m1./s1. The first-order valence-corrected chi connectivity index (χ1v) is 9.74. The molecule has 0 amide bonds. The van der Waals surface area contributed by atoms with Crippen LogP contribution in [-0.2, 0) is 14.8 Å². The van der Waals surface area contributed by atoms with Gasteiger partial charge in [-0.15, -0.1) is 0 Å². The van der Waals surface area contributed by atoms with E-state index < -0.39 is 15.8 Å². The van der Waals surface area contributed by atoms with Crippen molar-refractivity contribution in [1.82, 2.24) is 14.6 Å². The Morgan fingerprint density at radius 3 is 2.81 bits per heavy atom. The van der Waals surface area contributed by atoms with Crippen LogP contribution in [0, 0.1) is 5.82 Å². The fourth-order valence-corrected chi connectivity index (χ4v) is 4.95. The number of benzene rings is 1. The number of hydrogen-bond donors (Lipinski definition) is 2. The number of nitrogens with one attached hydrogen (secondary N) is 1. The molecule has 2 N–H and O–H groups in total. The molecule has 0 unspecified atom stereocenters. The lowest BCUT2D eigenvalue weighted by Crippen LogP contribution is -2.41. The third-order valence-electron chi connectivity index (χ3n) is 4.23. The molecule has 27 heavy (non-hydrogen) atoms. The monoisotopic (exact) mass is 399 g/mol. The van der Waals surface area contributed by atoms with Crippen LogP contribution in [-0.4, -0.2) is 62.1 Å². The predicted molar refractivity (Wildman–Crippen MR) is 97.8 cm³/mol. The lowest BCUT2D eigenvalue weighted by molar-refractivity contribution is -0.122. The summed E-state index contributed by atoms with van der Waals surface area (Å²) < 4.78 is 47.4. The maximum Gasteiger partial charge on any atom is 0.290 e. The second-order valence-electron chi connectivity index (χ2n) is 5.92. The first kappa shape index (κ1) is 21.0. The Kier molecular flexibility index (Phi) is 7.05. The first-order valence-electron chi connectivity index (χ1n) is 8.30. The van der Waals surface area contributed by atoms with E-state index in [2.05, 4.69) is 10.3 Å². The summed E-state index contributed by atoms with van der Waals surface area (Å²) in [6, 6.07) is 4.42. The zero-order valence-corrected chi connectivity index (χ0v) is 15.9. The number of methoxy groups -OCH3 is 1. The fourth-order valence-electron chi connectivity index (χ4n) is 3.06.